The first-order valence-electron chi connectivity index (χ1n) is 11.1. The van der Waals surface area contributed by atoms with Gasteiger partial charge in [0.15, 0.2) is 0 Å². The quantitative estimate of drug-likeness (QED) is 0.744. The van der Waals surface area contributed by atoms with Gasteiger partial charge in [-0.2, -0.15) is 0 Å². The van der Waals surface area contributed by atoms with Crippen LogP contribution in [0.3, 0.4) is 0 Å². The van der Waals surface area contributed by atoms with Gasteiger partial charge in [0.05, 0.1) is 5.56 Å². The zero-order valence-electron chi connectivity index (χ0n) is 17.4. The van der Waals surface area contributed by atoms with Crippen molar-refractivity contribution in [1.29, 1.82) is 0 Å². The SMILES string of the molecule is CCC(C)NC(=O)c1cc(NC(=O)C2CCCCC2)ccc1N1CCCCC1. The van der Waals surface area contributed by atoms with E-state index in [0.717, 1.165) is 69.4 Å². The highest BCUT2D eigenvalue weighted by Gasteiger charge is 2.23. The smallest absolute Gasteiger partial charge is 0.253 e. The summed E-state index contributed by atoms with van der Waals surface area (Å²) in [5.41, 5.74) is 2.38. The summed E-state index contributed by atoms with van der Waals surface area (Å²) in [7, 11) is 0. The van der Waals surface area contributed by atoms with Crippen molar-refractivity contribution in [2.24, 2.45) is 5.92 Å². The number of anilines is 2. The normalized spacial score (nSPS) is 19.1. The lowest BCUT2D eigenvalue weighted by molar-refractivity contribution is -0.120. The van der Waals surface area contributed by atoms with E-state index >= 15 is 0 Å². The molecule has 1 unspecified atom stereocenters. The molecule has 2 aliphatic rings. The maximum atomic E-state index is 13.0. The summed E-state index contributed by atoms with van der Waals surface area (Å²) >= 11 is 0. The number of carbonyl (C=O) groups is 2. The van der Waals surface area contributed by atoms with Gasteiger partial charge in [0, 0.05) is 36.4 Å². The van der Waals surface area contributed by atoms with E-state index in [1.807, 2.05) is 25.1 Å². The molecular formula is C23H35N3O2. The molecule has 0 radical (unpaired) electrons. The molecule has 1 saturated heterocycles. The van der Waals surface area contributed by atoms with E-state index in [2.05, 4.69) is 22.5 Å². The van der Waals surface area contributed by atoms with Gasteiger partial charge in [0.2, 0.25) is 5.91 Å². The predicted octanol–water partition coefficient (Wildman–Crippen LogP) is 4.72. The molecule has 2 N–H and O–H groups in total. The molecule has 0 spiro atoms. The van der Waals surface area contributed by atoms with Crippen molar-refractivity contribution in [3.8, 4) is 0 Å². The second-order valence-corrected chi connectivity index (χ2v) is 8.39. The Morgan fingerprint density at radius 1 is 1.07 bits per heavy atom. The van der Waals surface area contributed by atoms with Gasteiger partial charge in [-0.05, 0) is 63.6 Å². The first-order chi connectivity index (χ1) is 13.6. The van der Waals surface area contributed by atoms with Crippen molar-refractivity contribution >= 4 is 23.2 Å². The van der Waals surface area contributed by atoms with Crippen LogP contribution in [-0.4, -0.2) is 30.9 Å². The lowest BCUT2D eigenvalue weighted by atomic mass is 9.88. The van der Waals surface area contributed by atoms with Crippen molar-refractivity contribution in [2.45, 2.75) is 77.7 Å². The predicted molar refractivity (Wildman–Crippen MR) is 115 cm³/mol. The van der Waals surface area contributed by atoms with E-state index in [1.165, 1.54) is 12.8 Å². The average Bonchev–Trinajstić information content (AvgIpc) is 2.74. The Labute approximate surface area is 169 Å². The monoisotopic (exact) mass is 385 g/mol. The minimum Gasteiger partial charge on any atom is -0.371 e. The van der Waals surface area contributed by atoms with E-state index in [9.17, 15) is 9.59 Å². The second kappa shape index (κ2) is 9.94. The van der Waals surface area contributed by atoms with E-state index in [-0.39, 0.29) is 23.8 Å². The van der Waals surface area contributed by atoms with Gasteiger partial charge >= 0.3 is 0 Å². The molecule has 0 aromatic heterocycles. The van der Waals surface area contributed by atoms with Crippen molar-refractivity contribution in [2.75, 3.05) is 23.3 Å². The summed E-state index contributed by atoms with van der Waals surface area (Å²) in [5, 5.41) is 6.16. The third-order valence-corrected chi connectivity index (χ3v) is 6.17. The molecule has 3 rings (SSSR count). The number of hydrogen-bond acceptors (Lipinski definition) is 3. The van der Waals surface area contributed by atoms with Crippen LogP contribution in [0.4, 0.5) is 11.4 Å². The van der Waals surface area contributed by atoms with E-state index in [4.69, 9.17) is 0 Å². The number of carbonyl (C=O) groups excluding carboxylic acids is 2. The molecule has 28 heavy (non-hydrogen) atoms. The standard InChI is InChI=1S/C23H35N3O2/c1-3-17(2)24-23(28)20-16-19(25-22(27)18-10-6-4-7-11-18)12-13-21(20)26-14-8-5-9-15-26/h12-13,16-18H,3-11,14-15H2,1-2H3,(H,24,28)(H,25,27). The van der Waals surface area contributed by atoms with Gasteiger partial charge in [0.25, 0.3) is 5.91 Å². The molecule has 1 aliphatic carbocycles. The Bertz CT molecular complexity index is 676. The summed E-state index contributed by atoms with van der Waals surface area (Å²) < 4.78 is 0. The fourth-order valence-electron chi connectivity index (χ4n) is 4.22. The van der Waals surface area contributed by atoms with Crippen LogP contribution in [0.2, 0.25) is 0 Å². The number of amides is 2. The molecule has 2 fully saturated rings. The Morgan fingerprint density at radius 2 is 1.75 bits per heavy atom. The minimum absolute atomic E-state index is 0.0521. The largest absolute Gasteiger partial charge is 0.371 e. The summed E-state index contributed by atoms with van der Waals surface area (Å²) in [4.78, 5) is 27.9. The van der Waals surface area contributed by atoms with E-state index in [0.29, 0.717) is 5.56 Å². The topological polar surface area (TPSA) is 61.4 Å². The van der Waals surface area contributed by atoms with Crippen LogP contribution in [0.5, 0.6) is 0 Å². The average molecular weight is 386 g/mol. The minimum atomic E-state index is -0.0521. The maximum absolute atomic E-state index is 13.0. The van der Waals surface area contributed by atoms with E-state index < -0.39 is 0 Å². The van der Waals surface area contributed by atoms with Gasteiger partial charge in [0.1, 0.15) is 0 Å². The number of nitrogens with zero attached hydrogens (tertiary/aromatic N) is 1. The fraction of sp³-hybridized carbons (Fsp3) is 0.652. The number of nitrogens with one attached hydrogen (secondary N) is 2. The maximum Gasteiger partial charge on any atom is 0.253 e. The molecule has 1 atom stereocenters. The first-order valence-corrected chi connectivity index (χ1v) is 11.1. The molecule has 0 bridgehead atoms. The van der Waals surface area contributed by atoms with Crippen LogP contribution >= 0.6 is 0 Å². The Hall–Kier alpha value is -2.04. The molecule has 1 aromatic carbocycles. The molecule has 2 amide bonds. The number of piperidine rings is 1. The van der Waals surface area contributed by atoms with Crippen molar-refractivity contribution < 1.29 is 9.59 Å². The second-order valence-electron chi connectivity index (χ2n) is 8.39. The van der Waals surface area contributed by atoms with Gasteiger partial charge in [-0.3, -0.25) is 9.59 Å². The fourth-order valence-corrected chi connectivity index (χ4v) is 4.22. The summed E-state index contributed by atoms with van der Waals surface area (Å²) in [6, 6.07) is 5.95. The van der Waals surface area contributed by atoms with Gasteiger partial charge < -0.3 is 15.5 Å². The highest BCUT2D eigenvalue weighted by Crippen LogP contribution is 2.29. The lowest BCUT2D eigenvalue weighted by Crippen LogP contribution is -2.35. The molecule has 5 nitrogen and oxygen atoms in total. The first kappa shape index (κ1) is 20.7. The number of hydrogen-bond donors (Lipinski definition) is 2. The number of benzene rings is 1. The Balaban J connectivity index is 1.80. The highest BCUT2D eigenvalue weighted by molar-refractivity contribution is 6.02. The van der Waals surface area contributed by atoms with Crippen molar-refractivity contribution in [3.05, 3.63) is 23.8 Å². The molecule has 5 heteroatoms. The molecule has 154 valence electrons. The molecule has 1 heterocycles. The van der Waals surface area contributed by atoms with Gasteiger partial charge in [-0.1, -0.05) is 26.2 Å². The summed E-state index contributed by atoms with van der Waals surface area (Å²) in [6.07, 6.45) is 9.90. The highest BCUT2D eigenvalue weighted by atomic mass is 16.2. The number of rotatable bonds is 6. The molecule has 1 aromatic rings. The van der Waals surface area contributed by atoms with E-state index in [1.54, 1.807) is 0 Å². The lowest BCUT2D eigenvalue weighted by Gasteiger charge is -2.31. The molecular weight excluding hydrogens is 350 g/mol. The van der Waals surface area contributed by atoms with Crippen LogP contribution in [0.25, 0.3) is 0 Å². The van der Waals surface area contributed by atoms with Crippen LogP contribution in [-0.2, 0) is 4.79 Å². The van der Waals surface area contributed by atoms with Crippen molar-refractivity contribution in [1.82, 2.24) is 5.32 Å². The Kier molecular flexibility index (Phi) is 7.35. The Morgan fingerprint density at radius 3 is 2.43 bits per heavy atom. The van der Waals surface area contributed by atoms with Gasteiger partial charge in [-0.25, -0.2) is 0 Å². The zero-order valence-corrected chi connectivity index (χ0v) is 17.4. The van der Waals surface area contributed by atoms with Gasteiger partial charge in [-0.15, -0.1) is 0 Å². The van der Waals surface area contributed by atoms with Crippen LogP contribution < -0.4 is 15.5 Å². The van der Waals surface area contributed by atoms with Crippen LogP contribution in [0.1, 0.15) is 82.0 Å². The van der Waals surface area contributed by atoms with Crippen LogP contribution in [0, 0.1) is 5.92 Å². The summed E-state index contributed by atoms with van der Waals surface area (Å²) in [5.74, 6) is 0.148. The third-order valence-electron chi connectivity index (χ3n) is 6.17. The zero-order chi connectivity index (χ0) is 19.9. The summed E-state index contributed by atoms with van der Waals surface area (Å²) in [6.45, 7) is 6.05. The third kappa shape index (κ3) is 5.27. The van der Waals surface area contributed by atoms with Crippen LogP contribution in [0.15, 0.2) is 18.2 Å². The van der Waals surface area contributed by atoms with Crippen molar-refractivity contribution in [3.63, 3.8) is 0 Å². The molecule has 1 aliphatic heterocycles. The molecule has 1 saturated carbocycles.